The molecule has 0 saturated carbocycles. The van der Waals surface area contributed by atoms with Gasteiger partial charge in [-0.3, -0.25) is 4.79 Å². The largest absolute Gasteiger partial charge is 0.393 e. The summed E-state index contributed by atoms with van der Waals surface area (Å²) < 4.78 is 0. The molecule has 2 rings (SSSR count). The fraction of sp³-hybridized carbons (Fsp3) is 0.364. The van der Waals surface area contributed by atoms with Crippen LogP contribution >= 0.6 is 0 Å². The lowest BCUT2D eigenvalue weighted by Crippen LogP contribution is -2.47. The third kappa shape index (κ3) is 1.12. The van der Waals surface area contributed by atoms with Gasteiger partial charge in [0, 0.05) is 12.6 Å². The zero-order chi connectivity index (χ0) is 11.1. The maximum absolute atomic E-state index is 11.8. The highest BCUT2D eigenvalue weighted by atomic mass is 16.3. The van der Waals surface area contributed by atoms with E-state index in [0.29, 0.717) is 11.1 Å². The number of hydrogen-bond donors (Lipinski definition) is 2. The molecule has 0 fully saturated rings. The van der Waals surface area contributed by atoms with Crippen LogP contribution in [0.2, 0.25) is 0 Å². The number of carbonyl (C=O) groups is 1. The van der Waals surface area contributed by atoms with E-state index in [1.54, 1.807) is 31.3 Å². The summed E-state index contributed by atoms with van der Waals surface area (Å²) in [5, 5.41) is 18.8. The van der Waals surface area contributed by atoms with Gasteiger partial charge in [0.25, 0.3) is 5.91 Å². The second kappa shape index (κ2) is 3.32. The monoisotopic (exact) mass is 207 g/mol. The average Bonchev–Trinajstić information content (AvgIpc) is 2.51. The summed E-state index contributed by atoms with van der Waals surface area (Å²) in [7, 11) is 1.59. The van der Waals surface area contributed by atoms with E-state index in [-0.39, 0.29) is 19.1 Å². The van der Waals surface area contributed by atoms with Crippen LogP contribution in [0.5, 0.6) is 0 Å². The minimum atomic E-state index is -0.965. The molecule has 2 N–H and O–H groups in total. The molecule has 0 radical (unpaired) electrons. The molecule has 15 heavy (non-hydrogen) atoms. The van der Waals surface area contributed by atoms with Crippen molar-refractivity contribution in [3.05, 3.63) is 35.4 Å². The number of hydrogen-bond acceptors (Lipinski definition) is 3. The van der Waals surface area contributed by atoms with E-state index in [9.17, 15) is 15.0 Å². The Morgan fingerprint density at radius 3 is 2.47 bits per heavy atom. The fourth-order valence-electron chi connectivity index (χ4n) is 2.06. The first kappa shape index (κ1) is 10.1. The van der Waals surface area contributed by atoms with Gasteiger partial charge in [-0.05, 0) is 11.6 Å². The van der Waals surface area contributed by atoms with Crippen molar-refractivity contribution in [2.24, 2.45) is 0 Å². The SMILES string of the molecule is CN1C(=O)c2ccccc2C1(CO)CO. The quantitative estimate of drug-likeness (QED) is 0.715. The first-order chi connectivity index (χ1) is 7.17. The Balaban J connectivity index is 2.65. The molecule has 1 amide bonds. The molecule has 1 aliphatic heterocycles. The molecule has 0 spiro atoms. The molecule has 0 aliphatic carbocycles. The van der Waals surface area contributed by atoms with Gasteiger partial charge in [0.2, 0.25) is 0 Å². The number of benzene rings is 1. The Hall–Kier alpha value is -1.39. The first-order valence-corrected chi connectivity index (χ1v) is 4.77. The molecule has 80 valence electrons. The van der Waals surface area contributed by atoms with E-state index in [1.165, 1.54) is 4.90 Å². The molecule has 1 aliphatic rings. The number of fused-ring (bicyclic) bond motifs is 1. The number of likely N-dealkylation sites (N-methyl/N-ethyl adjacent to an activating group) is 1. The molecule has 4 nitrogen and oxygen atoms in total. The van der Waals surface area contributed by atoms with Gasteiger partial charge in [-0.25, -0.2) is 0 Å². The van der Waals surface area contributed by atoms with Crippen molar-refractivity contribution in [3.8, 4) is 0 Å². The number of aliphatic hydroxyl groups excluding tert-OH is 2. The third-order valence-electron chi connectivity index (χ3n) is 3.13. The number of aliphatic hydroxyl groups is 2. The van der Waals surface area contributed by atoms with Crippen molar-refractivity contribution in [1.82, 2.24) is 4.90 Å². The predicted octanol–water partition coefficient (Wildman–Crippen LogP) is -0.0479. The molecule has 0 bridgehead atoms. The molecule has 1 heterocycles. The molecular weight excluding hydrogens is 194 g/mol. The van der Waals surface area contributed by atoms with Crippen molar-refractivity contribution < 1.29 is 15.0 Å². The van der Waals surface area contributed by atoms with Crippen LogP contribution in [-0.2, 0) is 5.54 Å². The van der Waals surface area contributed by atoms with E-state index >= 15 is 0 Å². The lowest BCUT2D eigenvalue weighted by atomic mass is 9.91. The van der Waals surface area contributed by atoms with Crippen LogP contribution < -0.4 is 0 Å². The van der Waals surface area contributed by atoms with Crippen LogP contribution in [-0.4, -0.2) is 41.3 Å². The summed E-state index contributed by atoms with van der Waals surface area (Å²) in [4.78, 5) is 13.2. The second-order valence-electron chi connectivity index (χ2n) is 3.76. The Bertz CT molecular complexity index is 399. The molecule has 0 unspecified atom stereocenters. The van der Waals surface area contributed by atoms with E-state index in [4.69, 9.17) is 0 Å². The highest BCUT2D eigenvalue weighted by Crippen LogP contribution is 2.37. The minimum Gasteiger partial charge on any atom is -0.393 e. The highest BCUT2D eigenvalue weighted by molar-refractivity contribution is 5.99. The van der Waals surface area contributed by atoms with Gasteiger partial charge in [0.05, 0.1) is 13.2 Å². The van der Waals surface area contributed by atoms with Crippen LogP contribution in [0.25, 0.3) is 0 Å². The summed E-state index contributed by atoms with van der Waals surface area (Å²) >= 11 is 0. The van der Waals surface area contributed by atoms with Gasteiger partial charge in [-0.2, -0.15) is 0 Å². The second-order valence-corrected chi connectivity index (χ2v) is 3.76. The topological polar surface area (TPSA) is 60.8 Å². The minimum absolute atomic E-state index is 0.159. The molecule has 0 saturated heterocycles. The number of carbonyl (C=O) groups excluding carboxylic acids is 1. The molecule has 1 aromatic rings. The van der Waals surface area contributed by atoms with Crippen LogP contribution in [0.1, 0.15) is 15.9 Å². The highest BCUT2D eigenvalue weighted by Gasteiger charge is 2.46. The van der Waals surface area contributed by atoms with Gasteiger partial charge >= 0.3 is 0 Å². The van der Waals surface area contributed by atoms with Gasteiger partial charge in [-0.1, -0.05) is 18.2 Å². The van der Waals surface area contributed by atoms with Crippen molar-refractivity contribution in [2.45, 2.75) is 5.54 Å². The van der Waals surface area contributed by atoms with Crippen LogP contribution in [0.3, 0.4) is 0 Å². The Labute approximate surface area is 87.8 Å². The third-order valence-corrected chi connectivity index (χ3v) is 3.13. The number of amides is 1. The standard InChI is InChI=1S/C11H13NO3/c1-12-10(15)8-4-2-3-5-9(8)11(12,6-13)7-14/h2-5,13-14H,6-7H2,1H3. The van der Waals surface area contributed by atoms with E-state index in [0.717, 1.165) is 0 Å². The summed E-state index contributed by atoms with van der Waals surface area (Å²) in [5.41, 5.74) is 0.291. The summed E-state index contributed by atoms with van der Waals surface area (Å²) in [6.07, 6.45) is 0. The van der Waals surface area contributed by atoms with E-state index in [2.05, 4.69) is 0 Å². The smallest absolute Gasteiger partial charge is 0.254 e. The molecule has 1 aromatic carbocycles. The van der Waals surface area contributed by atoms with Gasteiger partial charge in [0.15, 0.2) is 0 Å². The zero-order valence-corrected chi connectivity index (χ0v) is 8.47. The van der Waals surface area contributed by atoms with Crippen molar-refractivity contribution in [1.29, 1.82) is 0 Å². The Kier molecular flexibility index (Phi) is 2.25. The zero-order valence-electron chi connectivity index (χ0n) is 8.47. The fourth-order valence-corrected chi connectivity index (χ4v) is 2.06. The van der Waals surface area contributed by atoms with Crippen molar-refractivity contribution in [3.63, 3.8) is 0 Å². The Morgan fingerprint density at radius 2 is 1.87 bits per heavy atom. The molecule has 0 atom stereocenters. The van der Waals surface area contributed by atoms with Gasteiger partial charge in [0.1, 0.15) is 5.54 Å². The van der Waals surface area contributed by atoms with E-state index in [1.807, 2.05) is 0 Å². The molecule has 0 aromatic heterocycles. The molecular formula is C11H13NO3. The number of nitrogens with zero attached hydrogens (tertiary/aromatic N) is 1. The average molecular weight is 207 g/mol. The maximum atomic E-state index is 11.8. The van der Waals surface area contributed by atoms with Crippen LogP contribution in [0.4, 0.5) is 0 Å². The van der Waals surface area contributed by atoms with Crippen molar-refractivity contribution >= 4 is 5.91 Å². The maximum Gasteiger partial charge on any atom is 0.254 e. The summed E-state index contributed by atoms with van der Waals surface area (Å²) in [6, 6.07) is 7.05. The van der Waals surface area contributed by atoms with Crippen LogP contribution in [0.15, 0.2) is 24.3 Å². The van der Waals surface area contributed by atoms with Crippen LogP contribution in [0, 0.1) is 0 Å². The predicted molar refractivity (Wildman–Crippen MR) is 54.4 cm³/mol. The van der Waals surface area contributed by atoms with E-state index < -0.39 is 5.54 Å². The lowest BCUT2D eigenvalue weighted by molar-refractivity contribution is 0.0131. The lowest BCUT2D eigenvalue weighted by Gasteiger charge is -2.33. The Morgan fingerprint density at radius 1 is 1.27 bits per heavy atom. The van der Waals surface area contributed by atoms with Gasteiger partial charge < -0.3 is 15.1 Å². The first-order valence-electron chi connectivity index (χ1n) is 4.77. The van der Waals surface area contributed by atoms with Gasteiger partial charge in [-0.15, -0.1) is 0 Å². The summed E-state index contributed by atoms with van der Waals surface area (Å²) in [5.74, 6) is -0.159. The summed E-state index contributed by atoms with van der Waals surface area (Å²) in [6.45, 7) is -0.550. The molecule has 4 heteroatoms. The van der Waals surface area contributed by atoms with Crippen molar-refractivity contribution in [2.75, 3.05) is 20.3 Å². The number of rotatable bonds is 2. The normalized spacial score (nSPS) is 18.1.